The van der Waals surface area contributed by atoms with Gasteiger partial charge in [-0.15, -0.1) is 0 Å². The van der Waals surface area contributed by atoms with Gasteiger partial charge in [0, 0.05) is 24.6 Å². The highest BCUT2D eigenvalue weighted by atomic mass is 16.5. The molecule has 8 nitrogen and oxygen atoms in total. The first-order chi connectivity index (χ1) is 12.0. The molecule has 0 fully saturated rings. The average Bonchev–Trinajstić information content (AvgIpc) is 2.60. The molecule has 0 saturated carbocycles. The molecule has 0 saturated heterocycles. The van der Waals surface area contributed by atoms with Gasteiger partial charge in [0.05, 0.1) is 12.8 Å². The molecule has 0 bridgehead atoms. The predicted octanol–water partition coefficient (Wildman–Crippen LogP) is 0.900. The average molecular weight is 345 g/mol. The fourth-order valence-corrected chi connectivity index (χ4v) is 2.14. The van der Waals surface area contributed by atoms with Gasteiger partial charge in [-0.3, -0.25) is 14.4 Å². The minimum atomic E-state index is -0.917. The van der Waals surface area contributed by atoms with E-state index in [1.165, 1.54) is 6.07 Å². The van der Waals surface area contributed by atoms with Crippen LogP contribution in [0.3, 0.4) is 0 Å². The van der Waals surface area contributed by atoms with Crippen LogP contribution in [-0.4, -0.2) is 40.4 Å². The van der Waals surface area contributed by atoms with Crippen molar-refractivity contribution in [1.29, 1.82) is 0 Å². The number of aliphatic carboxylic acids is 1. The summed E-state index contributed by atoms with van der Waals surface area (Å²) in [5.41, 5.74) is 0.954. The molecule has 0 aliphatic carbocycles. The van der Waals surface area contributed by atoms with Gasteiger partial charge in [0.1, 0.15) is 12.3 Å². The van der Waals surface area contributed by atoms with E-state index in [4.69, 9.17) is 9.84 Å². The second kappa shape index (κ2) is 8.62. The summed E-state index contributed by atoms with van der Waals surface area (Å²) in [7, 11) is 1.57. The van der Waals surface area contributed by atoms with Crippen molar-refractivity contribution in [2.45, 2.75) is 19.4 Å². The largest absolute Gasteiger partial charge is 0.497 e. The van der Waals surface area contributed by atoms with E-state index in [2.05, 4.69) is 10.4 Å². The van der Waals surface area contributed by atoms with Gasteiger partial charge in [-0.25, -0.2) is 4.68 Å². The minimum Gasteiger partial charge on any atom is -0.497 e. The summed E-state index contributed by atoms with van der Waals surface area (Å²) in [5.74, 6) is -0.607. The third-order valence-corrected chi connectivity index (χ3v) is 3.44. The first-order valence-electron chi connectivity index (χ1n) is 7.70. The van der Waals surface area contributed by atoms with Crippen molar-refractivity contribution in [3.63, 3.8) is 0 Å². The Hall–Kier alpha value is -3.16. The van der Waals surface area contributed by atoms with Gasteiger partial charge in [-0.05, 0) is 36.8 Å². The number of carboxylic acids is 1. The van der Waals surface area contributed by atoms with Crippen molar-refractivity contribution < 1.29 is 19.4 Å². The molecule has 2 aromatic rings. The number of ether oxygens (including phenoxy) is 1. The number of hydrogen-bond acceptors (Lipinski definition) is 5. The number of carboxylic acid groups (broad SMARTS) is 1. The van der Waals surface area contributed by atoms with E-state index in [0.29, 0.717) is 17.9 Å². The third kappa shape index (κ3) is 5.45. The lowest BCUT2D eigenvalue weighted by atomic mass is 10.1. The van der Waals surface area contributed by atoms with Crippen LogP contribution in [0.4, 0.5) is 0 Å². The van der Waals surface area contributed by atoms with E-state index in [9.17, 15) is 14.4 Å². The van der Waals surface area contributed by atoms with Crippen LogP contribution in [0.15, 0.2) is 41.2 Å². The maximum absolute atomic E-state index is 11.9. The van der Waals surface area contributed by atoms with Crippen LogP contribution in [0.1, 0.15) is 12.8 Å². The summed E-state index contributed by atoms with van der Waals surface area (Å²) in [5, 5.41) is 15.3. The highest BCUT2D eigenvalue weighted by Gasteiger charge is 2.08. The molecule has 0 radical (unpaired) electrons. The molecule has 0 aliphatic heterocycles. The van der Waals surface area contributed by atoms with E-state index < -0.39 is 17.4 Å². The lowest BCUT2D eigenvalue weighted by Crippen LogP contribution is -2.34. The lowest BCUT2D eigenvalue weighted by Gasteiger charge is -2.08. The molecule has 132 valence electrons. The predicted molar refractivity (Wildman–Crippen MR) is 90.4 cm³/mol. The highest BCUT2D eigenvalue weighted by Crippen LogP contribution is 2.19. The molecular formula is C17H19N3O5. The summed E-state index contributed by atoms with van der Waals surface area (Å²) >= 11 is 0. The molecule has 8 heteroatoms. The van der Waals surface area contributed by atoms with E-state index in [1.807, 2.05) is 12.1 Å². The SMILES string of the molecule is COc1ccc(-c2ccc(=O)n(CC(=O)NCCCC(=O)O)n2)cc1. The van der Waals surface area contributed by atoms with E-state index in [1.54, 1.807) is 25.3 Å². The Morgan fingerprint density at radius 1 is 1.20 bits per heavy atom. The van der Waals surface area contributed by atoms with Crippen molar-refractivity contribution in [3.05, 3.63) is 46.8 Å². The molecule has 0 atom stereocenters. The van der Waals surface area contributed by atoms with E-state index in [-0.39, 0.29) is 19.5 Å². The Kier molecular flexibility index (Phi) is 6.27. The van der Waals surface area contributed by atoms with E-state index in [0.717, 1.165) is 10.2 Å². The smallest absolute Gasteiger partial charge is 0.303 e. The van der Waals surface area contributed by atoms with Gasteiger partial charge < -0.3 is 15.2 Å². The van der Waals surface area contributed by atoms with Gasteiger partial charge in [0.25, 0.3) is 5.56 Å². The third-order valence-electron chi connectivity index (χ3n) is 3.44. The molecule has 1 amide bonds. The normalized spacial score (nSPS) is 10.3. The summed E-state index contributed by atoms with van der Waals surface area (Å²) < 4.78 is 6.17. The molecule has 25 heavy (non-hydrogen) atoms. The maximum atomic E-state index is 11.9. The molecule has 1 heterocycles. The number of aromatic nitrogens is 2. The summed E-state index contributed by atoms with van der Waals surface area (Å²) in [6.07, 6.45) is 0.306. The van der Waals surface area contributed by atoms with Crippen molar-refractivity contribution in [2.75, 3.05) is 13.7 Å². The maximum Gasteiger partial charge on any atom is 0.303 e. The number of methoxy groups -OCH3 is 1. The van der Waals surface area contributed by atoms with Crippen LogP contribution in [0, 0.1) is 0 Å². The molecule has 2 rings (SSSR count). The van der Waals surface area contributed by atoms with Gasteiger partial charge >= 0.3 is 5.97 Å². The zero-order valence-corrected chi connectivity index (χ0v) is 13.8. The Morgan fingerprint density at radius 3 is 2.56 bits per heavy atom. The Bertz CT molecular complexity index is 799. The minimum absolute atomic E-state index is 0.0224. The molecule has 1 aromatic carbocycles. The first-order valence-corrected chi connectivity index (χ1v) is 7.70. The molecule has 0 aliphatic rings. The number of benzene rings is 1. The molecule has 1 aromatic heterocycles. The zero-order valence-electron chi connectivity index (χ0n) is 13.8. The second-order valence-corrected chi connectivity index (χ2v) is 5.29. The summed E-state index contributed by atoms with van der Waals surface area (Å²) in [6.45, 7) is 0.00789. The standard InChI is InChI=1S/C17H19N3O5/c1-25-13-6-4-12(5-7-13)14-8-9-16(22)20(19-14)11-15(21)18-10-2-3-17(23)24/h4-9H,2-3,10-11H2,1H3,(H,18,21)(H,23,24). The Labute approximate surface area is 144 Å². The van der Waals surface area contributed by atoms with Gasteiger partial charge in [0.15, 0.2) is 0 Å². The fourth-order valence-electron chi connectivity index (χ4n) is 2.14. The number of nitrogens with zero attached hydrogens (tertiary/aromatic N) is 2. The van der Waals surface area contributed by atoms with Crippen molar-refractivity contribution in [1.82, 2.24) is 15.1 Å². The van der Waals surface area contributed by atoms with Gasteiger partial charge in [-0.2, -0.15) is 5.10 Å². The highest BCUT2D eigenvalue weighted by molar-refractivity contribution is 5.75. The monoisotopic (exact) mass is 345 g/mol. The van der Waals surface area contributed by atoms with Crippen LogP contribution in [-0.2, 0) is 16.1 Å². The van der Waals surface area contributed by atoms with Crippen LogP contribution in [0.2, 0.25) is 0 Å². The van der Waals surface area contributed by atoms with Gasteiger partial charge in [0.2, 0.25) is 5.91 Å². The summed E-state index contributed by atoms with van der Waals surface area (Å²) in [4.78, 5) is 34.2. The zero-order chi connectivity index (χ0) is 18.2. The topological polar surface area (TPSA) is 111 Å². The Morgan fingerprint density at radius 2 is 1.92 bits per heavy atom. The summed E-state index contributed by atoms with van der Waals surface area (Å²) in [6, 6.07) is 10.1. The van der Waals surface area contributed by atoms with E-state index >= 15 is 0 Å². The van der Waals surface area contributed by atoms with Crippen LogP contribution >= 0.6 is 0 Å². The fraction of sp³-hybridized carbons (Fsp3) is 0.294. The first kappa shape index (κ1) is 18.2. The number of carbonyl (C=O) groups excluding carboxylic acids is 1. The molecule has 0 unspecified atom stereocenters. The molecular weight excluding hydrogens is 326 g/mol. The van der Waals surface area contributed by atoms with Gasteiger partial charge in [-0.1, -0.05) is 0 Å². The van der Waals surface area contributed by atoms with Crippen LogP contribution < -0.4 is 15.6 Å². The lowest BCUT2D eigenvalue weighted by molar-refractivity contribution is -0.137. The second-order valence-electron chi connectivity index (χ2n) is 5.29. The quantitative estimate of drug-likeness (QED) is 0.688. The van der Waals surface area contributed by atoms with Crippen molar-refractivity contribution in [2.24, 2.45) is 0 Å². The number of hydrogen-bond donors (Lipinski definition) is 2. The number of rotatable bonds is 8. The van der Waals surface area contributed by atoms with Crippen molar-refractivity contribution >= 4 is 11.9 Å². The van der Waals surface area contributed by atoms with Crippen LogP contribution in [0.5, 0.6) is 5.75 Å². The Balaban J connectivity index is 2.04. The molecule has 2 N–H and O–H groups in total. The number of carbonyl (C=O) groups is 2. The molecule has 0 spiro atoms. The van der Waals surface area contributed by atoms with Crippen molar-refractivity contribution in [3.8, 4) is 17.0 Å². The number of amides is 1. The van der Waals surface area contributed by atoms with Crippen LogP contribution in [0.25, 0.3) is 11.3 Å². The number of nitrogens with one attached hydrogen (secondary N) is 1.